The van der Waals surface area contributed by atoms with Crippen LogP contribution in [0.5, 0.6) is 5.75 Å². The minimum Gasteiger partial charge on any atom is -1.00 e. The number of aromatic amines is 1. The molecule has 3 aromatic carbocycles. The van der Waals surface area contributed by atoms with Crippen LogP contribution in [-0.2, 0) is 71.6 Å². The number of hydrogen-bond donors (Lipinski definition) is 3. The number of aliphatic hydroxyl groups is 1. The molecule has 0 radical (unpaired) electrons. The number of H-pyrrole nitrogens is 1. The number of carbonyl (C=O) groups excluding carboxylic acids is 6. The molecule has 85 heavy (non-hydrogen) atoms. The molecule has 1 spiro atoms. The highest BCUT2D eigenvalue weighted by molar-refractivity contribution is 5.95. The van der Waals surface area contributed by atoms with E-state index in [0.717, 1.165) is 33.2 Å². The van der Waals surface area contributed by atoms with E-state index in [-0.39, 0.29) is 66.2 Å². The van der Waals surface area contributed by atoms with Gasteiger partial charge in [-0.1, -0.05) is 101 Å². The van der Waals surface area contributed by atoms with Gasteiger partial charge in [-0.15, -0.1) is 0 Å². The van der Waals surface area contributed by atoms with E-state index in [1.165, 1.54) is 21.1 Å². The van der Waals surface area contributed by atoms with E-state index in [0.29, 0.717) is 111 Å². The number of likely N-dealkylation sites (tertiary alicyclic amines) is 1. The maximum Gasteiger partial charge on any atom is 0.344 e. The van der Waals surface area contributed by atoms with Crippen LogP contribution in [0.3, 0.4) is 0 Å². The number of nitrogens with one attached hydrogen (secondary N) is 2. The predicted molar refractivity (Wildman–Crippen MR) is 315 cm³/mol. The lowest BCUT2D eigenvalue weighted by molar-refractivity contribution is -0.921. The Morgan fingerprint density at radius 2 is 1.67 bits per heavy atom. The van der Waals surface area contributed by atoms with Gasteiger partial charge in [-0.25, -0.2) is 9.59 Å². The summed E-state index contributed by atoms with van der Waals surface area (Å²) in [7, 11) is 6.10. The highest BCUT2D eigenvalue weighted by Crippen LogP contribution is 2.68. The number of para-hydroxylation sites is 1. The van der Waals surface area contributed by atoms with Crippen LogP contribution in [0.2, 0.25) is 0 Å². The van der Waals surface area contributed by atoms with E-state index < -0.39 is 70.0 Å². The molecule has 1 unspecified atom stereocenters. The lowest BCUT2D eigenvalue weighted by atomic mass is 9.47. The molecular formula is C66H83BrN6O12. The number of likely N-dealkylation sites (N-methyl/N-ethyl adjacent to an activating group) is 1. The zero-order valence-electron chi connectivity index (χ0n) is 50.5. The molecule has 7 aliphatic rings. The van der Waals surface area contributed by atoms with Gasteiger partial charge in [0, 0.05) is 90.2 Å². The second-order valence-corrected chi connectivity index (χ2v) is 25.0. The summed E-state index contributed by atoms with van der Waals surface area (Å²) in [5, 5.41) is 17.6. The summed E-state index contributed by atoms with van der Waals surface area (Å²) in [5.41, 5.74) is 0.456. The Morgan fingerprint density at radius 1 is 0.929 bits per heavy atom. The van der Waals surface area contributed by atoms with E-state index in [4.69, 9.17) is 23.7 Å². The van der Waals surface area contributed by atoms with Crippen LogP contribution in [0.15, 0.2) is 90.5 Å². The van der Waals surface area contributed by atoms with Gasteiger partial charge in [0.15, 0.2) is 12.6 Å². The van der Waals surface area contributed by atoms with Gasteiger partial charge in [0.1, 0.15) is 36.4 Å². The minimum atomic E-state index is -2.37. The van der Waals surface area contributed by atoms with E-state index in [1.807, 2.05) is 99.5 Å². The van der Waals surface area contributed by atoms with Crippen LogP contribution in [-0.4, -0.2) is 170 Å². The Kier molecular flexibility index (Phi) is 17.1. The summed E-state index contributed by atoms with van der Waals surface area (Å²) in [4.78, 5) is 97.3. The van der Waals surface area contributed by atoms with Crippen LogP contribution in [0.4, 0.5) is 5.69 Å². The van der Waals surface area contributed by atoms with E-state index in [1.54, 1.807) is 12.0 Å². The van der Waals surface area contributed by atoms with Crippen LogP contribution in [0.25, 0.3) is 10.9 Å². The van der Waals surface area contributed by atoms with Crippen molar-refractivity contribution in [2.45, 2.75) is 139 Å². The van der Waals surface area contributed by atoms with Crippen LogP contribution in [0, 0.1) is 17.3 Å². The molecule has 1 aliphatic carbocycles. The Hall–Kier alpha value is -6.54. The third kappa shape index (κ3) is 9.68. The number of aromatic nitrogens is 1. The summed E-state index contributed by atoms with van der Waals surface area (Å²) in [6.45, 7) is 12.7. The molecule has 2 saturated heterocycles. The molecule has 4 aromatic rings. The summed E-state index contributed by atoms with van der Waals surface area (Å²) in [6, 6.07) is 18.4. The van der Waals surface area contributed by atoms with Crippen molar-refractivity contribution >= 4 is 52.3 Å². The Bertz CT molecular complexity index is 3330. The lowest BCUT2D eigenvalue weighted by Crippen LogP contribution is -3.00. The summed E-state index contributed by atoms with van der Waals surface area (Å²) < 4.78 is 30.6. The number of ether oxygens (including phenoxy) is 5. The van der Waals surface area contributed by atoms with Crippen molar-refractivity contribution < 1.29 is 79.0 Å². The molecule has 2 bridgehead atoms. The van der Waals surface area contributed by atoms with Gasteiger partial charge >= 0.3 is 23.9 Å². The average molecular weight is 1230 g/mol. The Labute approximate surface area is 508 Å². The molecular weight excluding hydrogens is 1150 g/mol. The standard InChI is InChI=1S/C66H82N6O12.BrH/c1-10-40(4)54(57(76)83-39-43-20-14-13-15-21-43)68-56(75)50-24-18-29-71(50)53(74)38-72-31-25-46-45-22-16-17-23-49(45)67-55(46)65(61(77)81-8,35-44(37-72)32-42(11-2)36-72)48-33-47-51(34-52(48)80-7)69(6)59-64(47)27-30-70-28-19-26-63(12-3,58(64)70)60(84-41(5)73)66(59,79)62(78)82-9;/h13-17,19-23,26,32-34,40,44,50,54,58-60,67,79H,10-12,18,24-25,27-31,35-39H2,1-9H3;1H/t40-,44-,50-,54-,58-,59+,60+,63+,64+,65-,66-,72?;/m0./s1. The van der Waals surface area contributed by atoms with Crippen LogP contribution >= 0.6 is 0 Å². The average Bonchev–Trinajstić information content (AvgIpc) is 1.53. The number of quaternary nitrogens is 1. The van der Waals surface area contributed by atoms with Gasteiger partial charge in [-0.2, -0.15) is 0 Å². The van der Waals surface area contributed by atoms with Crippen molar-refractivity contribution in [1.29, 1.82) is 0 Å². The van der Waals surface area contributed by atoms with Crippen LogP contribution in [0.1, 0.15) is 108 Å². The third-order valence-electron chi connectivity index (χ3n) is 20.8. The number of benzene rings is 3. The molecule has 1 aromatic heterocycles. The summed E-state index contributed by atoms with van der Waals surface area (Å²) in [6.07, 6.45) is 9.07. The van der Waals surface area contributed by atoms with Crippen molar-refractivity contribution in [3.63, 3.8) is 0 Å². The highest BCUT2D eigenvalue weighted by Gasteiger charge is 2.80. The number of rotatable bonds is 16. The van der Waals surface area contributed by atoms with Crippen molar-refractivity contribution in [2.24, 2.45) is 17.3 Å². The number of fused-ring (bicyclic) bond motifs is 6. The van der Waals surface area contributed by atoms with E-state index >= 15 is 9.59 Å². The zero-order valence-corrected chi connectivity index (χ0v) is 52.1. The molecule has 1 saturated carbocycles. The van der Waals surface area contributed by atoms with E-state index in [9.17, 15) is 24.3 Å². The topological polar surface area (TPSA) is 206 Å². The maximum absolute atomic E-state index is 16.0. The van der Waals surface area contributed by atoms with Gasteiger partial charge in [0.25, 0.3) is 5.91 Å². The van der Waals surface area contributed by atoms with E-state index in [2.05, 4.69) is 40.3 Å². The van der Waals surface area contributed by atoms with Gasteiger partial charge in [-0.3, -0.25) is 24.1 Å². The smallest absolute Gasteiger partial charge is 0.344 e. The molecule has 11 rings (SSSR count). The molecule has 3 N–H and O–H groups in total. The number of hydrogen-bond acceptors (Lipinski definition) is 14. The first-order chi connectivity index (χ1) is 40.3. The quantitative estimate of drug-likeness (QED) is 0.0636. The molecule has 3 fully saturated rings. The van der Waals surface area contributed by atoms with Gasteiger partial charge in [0.2, 0.25) is 11.5 Å². The summed E-state index contributed by atoms with van der Waals surface area (Å²) in [5.74, 6) is -3.21. The summed E-state index contributed by atoms with van der Waals surface area (Å²) >= 11 is 0. The second kappa shape index (κ2) is 23.6. The SMILES string of the molecule is CCC1=C[C@H]2C[C@](C(=O)OC)(c3cc4c(cc3OC)N(C)[C@H]3[C@@](O)(C(=O)OC)[C@H](OC(C)=O)[C@]5(CC)C=CCN6CC[C@]43[C@@H]65)c3[nH]c4ccccc4c3CC[N+](CC(=O)N3CCC[C@H]3C(=O)N[C@H](C(=O)OCc3ccccc3)[C@@H](C)CC)(C1)C2.[Br-]. The van der Waals surface area contributed by atoms with Crippen molar-refractivity contribution in [2.75, 3.05) is 79.1 Å². The number of carbonyl (C=O) groups is 6. The largest absolute Gasteiger partial charge is 1.00 e. The third-order valence-corrected chi connectivity index (χ3v) is 20.8. The first-order valence-corrected chi connectivity index (χ1v) is 30.2. The van der Waals surface area contributed by atoms with Crippen molar-refractivity contribution in [1.82, 2.24) is 20.1 Å². The Balaban J connectivity index is 0.00000803. The minimum absolute atomic E-state index is 0. The molecule has 19 heteroatoms. The first-order valence-electron chi connectivity index (χ1n) is 30.2. The molecule has 18 nitrogen and oxygen atoms in total. The number of amides is 2. The molecule has 2 amide bonds. The zero-order chi connectivity index (χ0) is 59.7. The van der Waals surface area contributed by atoms with Crippen LogP contribution < -0.4 is 31.9 Å². The fourth-order valence-electron chi connectivity index (χ4n) is 17.1. The lowest BCUT2D eigenvalue weighted by Gasteiger charge is -2.63. The molecule has 456 valence electrons. The number of nitrogens with zero attached hydrogens (tertiary/aromatic N) is 4. The maximum atomic E-state index is 16.0. The predicted octanol–water partition coefficient (Wildman–Crippen LogP) is 3.58. The fraction of sp³-hybridized carbons (Fsp3) is 0.545. The normalized spacial score (nSPS) is 30.6. The number of halogens is 1. The number of esters is 4. The molecule has 12 atom stereocenters. The number of anilines is 1. The second-order valence-electron chi connectivity index (χ2n) is 25.0. The fourth-order valence-corrected chi connectivity index (χ4v) is 17.1. The Morgan fingerprint density at radius 3 is 2.36 bits per heavy atom. The highest BCUT2D eigenvalue weighted by atomic mass is 79.9. The molecule has 7 heterocycles. The van der Waals surface area contributed by atoms with Gasteiger partial charge in [-0.05, 0) is 85.4 Å². The first kappa shape index (κ1) is 61.5. The van der Waals surface area contributed by atoms with Crippen molar-refractivity contribution in [3.8, 4) is 5.75 Å². The van der Waals surface area contributed by atoms with Gasteiger partial charge in [0.05, 0.1) is 40.5 Å². The monoisotopic (exact) mass is 1230 g/mol. The van der Waals surface area contributed by atoms with Crippen molar-refractivity contribution in [3.05, 3.63) is 118 Å². The number of methoxy groups -OCH3 is 3. The molecule has 6 aliphatic heterocycles. The van der Waals surface area contributed by atoms with Gasteiger partial charge < -0.3 is 70.4 Å².